The van der Waals surface area contributed by atoms with E-state index in [9.17, 15) is 8.78 Å². The van der Waals surface area contributed by atoms with Gasteiger partial charge in [-0.2, -0.15) is 0 Å². The molecule has 3 rings (SSSR count). The Bertz CT molecular complexity index is 570. The van der Waals surface area contributed by atoms with Gasteiger partial charge in [-0.1, -0.05) is 31.8 Å². The van der Waals surface area contributed by atoms with Crippen LogP contribution in [0, 0.1) is 17.3 Å². The molecule has 0 saturated heterocycles. The van der Waals surface area contributed by atoms with Gasteiger partial charge in [0.1, 0.15) is 0 Å². The van der Waals surface area contributed by atoms with Crippen molar-refractivity contribution in [2.24, 2.45) is 5.41 Å². The Hall–Kier alpha value is -1.76. The fourth-order valence-electron chi connectivity index (χ4n) is 2.40. The van der Waals surface area contributed by atoms with E-state index in [4.69, 9.17) is 4.74 Å². The Morgan fingerprint density at radius 3 is 2.64 bits per heavy atom. The molecular weight excluding hydrogens is 284 g/mol. The first-order valence-corrected chi connectivity index (χ1v) is 7.91. The highest BCUT2D eigenvalue weighted by Gasteiger charge is 2.50. The highest BCUT2D eigenvalue weighted by molar-refractivity contribution is 5.66. The fourth-order valence-corrected chi connectivity index (χ4v) is 2.40. The molecule has 2 nitrogen and oxygen atoms in total. The summed E-state index contributed by atoms with van der Waals surface area (Å²) < 4.78 is 31.6. The molecule has 1 aromatic rings. The minimum atomic E-state index is -2.36. The molecule has 0 spiro atoms. The minimum absolute atomic E-state index is 0.494. The molecule has 0 N–H and O–H groups in total. The maximum atomic E-state index is 12.9. The number of nitrogens with zero attached hydrogens (tertiary/aromatic N) is 1. The smallest absolute Gasteiger partial charge is 0.254 e. The summed E-state index contributed by atoms with van der Waals surface area (Å²) in [6.07, 6.45) is -0.430. The lowest BCUT2D eigenvalue weighted by Gasteiger charge is -2.18. The number of para-hydroxylation sites is 1. The van der Waals surface area contributed by atoms with Crippen LogP contribution in [0.4, 0.5) is 14.5 Å². The second-order valence-electron chi connectivity index (χ2n) is 5.48. The summed E-state index contributed by atoms with van der Waals surface area (Å²) in [5.41, 5.74) is 0.624. The van der Waals surface area contributed by atoms with Crippen molar-refractivity contribution in [1.82, 2.24) is 0 Å². The number of halogens is 2. The van der Waals surface area contributed by atoms with E-state index in [1.165, 1.54) is 0 Å². The van der Waals surface area contributed by atoms with E-state index in [1.54, 1.807) is 0 Å². The number of ether oxygens (including phenoxy) is 1. The van der Waals surface area contributed by atoms with Gasteiger partial charge in [-0.3, -0.25) is 0 Å². The standard InChI is InChI=1S/C16H17F2NO.C2H6/c1-19-10-3-11-20-14-12(4-2-5-13(14)19)6-7-16(8-9-16)15(17)18;1-2/h2,4-5,15H,3,8-11H2,1H3;1-2H3. The summed E-state index contributed by atoms with van der Waals surface area (Å²) in [6.45, 7) is 5.56. The van der Waals surface area contributed by atoms with Crippen LogP contribution in [0.3, 0.4) is 0 Å². The van der Waals surface area contributed by atoms with Crippen LogP contribution in [0.15, 0.2) is 18.2 Å². The fraction of sp³-hybridized carbons (Fsp3) is 0.556. The summed E-state index contributed by atoms with van der Waals surface area (Å²) in [4.78, 5) is 2.12. The molecule has 1 heterocycles. The molecule has 0 radical (unpaired) electrons. The molecule has 4 heteroatoms. The number of benzene rings is 1. The van der Waals surface area contributed by atoms with Crippen molar-refractivity contribution in [3.8, 4) is 17.6 Å². The van der Waals surface area contributed by atoms with Gasteiger partial charge in [-0.05, 0) is 31.4 Å². The van der Waals surface area contributed by atoms with Crippen LogP contribution in [-0.4, -0.2) is 26.6 Å². The van der Waals surface area contributed by atoms with E-state index in [-0.39, 0.29) is 0 Å². The zero-order valence-electron chi connectivity index (χ0n) is 13.5. The van der Waals surface area contributed by atoms with Crippen molar-refractivity contribution in [3.05, 3.63) is 23.8 Å². The first-order chi connectivity index (χ1) is 10.6. The lowest BCUT2D eigenvalue weighted by Crippen LogP contribution is -2.17. The van der Waals surface area contributed by atoms with Crippen LogP contribution in [0.25, 0.3) is 0 Å². The molecule has 0 amide bonds. The largest absolute Gasteiger partial charge is 0.490 e. The summed E-state index contributed by atoms with van der Waals surface area (Å²) in [7, 11) is 2.01. The summed E-state index contributed by atoms with van der Waals surface area (Å²) in [5.74, 6) is 6.42. The molecule has 2 aliphatic rings. The Labute approximate surface area is 131 Å². The van der Waals surface area contributed by atoms with Crippen LogP contribution in [0.2, 0.25) is 0 Å². The van der Waals surface area contributed by atoms with Crippen molar-refractivity contribution in [1.29, 1.82) is 0 Å². The van der Waals surface area contributed by atoms with E-state index >= 15 is 0 Å². The zero-order chi connectivity index (χ0) is 16.2. The molecule has 1 aliphatic carbocycles. The van der Waals surface area contributed by atoms with Gasteiger partial charge in [0.15, 0.2) is 5.75 Å². The van der Waals surface area contributed by atoms with Gasteiger partial charge in [0.2, 0.25) is 0 Å². The predicted molar refractivity (Wildman–Crippen MR) is 85.7 cm³/mol. The molecule has 0 bridgehead atoms. The lowest BCUT2D eigenvalue weighted by molar-refractivity contribution is 0.0921. The average Bonchev–Trinajstić information content (AvgIpc) is 3.34. The van der Waals surface area contributed by atoms with Crippen molar-refractivity contribution in [2.75, 3.05) is 25.1 Å². The van der Waals surface area contributed by atoms with Crippen LogP contribution in [0.5, 0.6) is 5.75 Å². The third kappa shape index (κ3) is 3.35. The zero-order valence-corrected chi connectivity index (χ0v) is 13.5. The van der Waals surface area contributed by atoms with Gasteiger partial charge in [0.25, 0.3) is 6.43 Å². The average molecular weight is 307 g/mol. The molecule has 0 unspecified atom stereocenters. The van der Waals surface area contributed by atoms with Gasteiger partial charge >= 0.3 is 0 Å². The summed E-state index contributed by atoms with van der Waals surface area (Å²) >= 11 is 0. The third-order valence-corrected chi connectivity index (χ3v) is 3.94. The molecule has 1 aliphatic heterocycles. The minimum Gasteiger partial charge on any atom is -0.490 e. The highest BCUT2D eigenvalue weighted by atomic mass is 19.3. The molecular formula is C18H23F2NO. The van der Waals surface area contributed by atoms with Crippen molar-refractivity contribution >= 4 is 5.69 Å². The van der Waals surface area contributed by atoms with Gasteiger partial charge in [0.05, 0.1) is 23.3 Å². The van der Waals surface area contributed by atoms with Gasteiger partial charge < -0.3 is 9.64 Å². The monoisotopic (exact) mass is 307 g/mol. The molecule has 1 saturated carbocycles. The molecule has 1 fully saturated rings. The lowest BCUT2D eigenvalue weighted by atomic mass is 10.1. The number of alkyl halides is 2. The quantitative estimate of drug-likeness (QED) is 0.716. The van der Waals surface area contributed by atoms with E-state index in [0.29, 0.717) is 25.0 Å². The second kappa shape index (κ2) is 7.00. The number of hydrogen-bond donors (Lipinski definition) is 0. The van der Waals surface area contributed by atoms with E-state index < -0.39 is 11.8 Å². The Kier molecular flexibility index (Phi) is 5.28. The van der Waals surface area contributed by atoms with Crippen molar-refractivity contribution < 1.29 is 13.5 Å². The van der Waals surface area contributed by atoms with Crippen LogP contribution in [0.1, 0.15) is 38.7 Å². The number of hydrogen-bond acceptors (Lipinski definition) is 2. The molecule has 120 valence electrons. The number of anilines is 1. The van der Waals surface area contributed by atoms with E-state index in [2.05, 4.69) is 16.7 Å². The van der Waals surface area contributed by atoms with Gasteiger partial charge in [-0.25, -0.2) is 8.78 Å². The van der Waals surface area contributed by atoms with Gasteiger partial charge in [-0.15, -0.1) is 0 Å². The summed E-state index contributed by atoms with van der Waals surface area (Å²) in [5, 5.41) is 0. The molecule has 0 atom stereocenters. The first kappa shape index (κ1) is 16.6. The molecule has 1 aromatic carbocycles. The third-order valence-electron chi connectivity index (χ3n) is 3.94. The number of rotatable bonds is 1. The Morgan fingerprint density at radius 1 is 1.27 bits per heavy atom. The van der Waals surface area contributed by atoms with E-state index in [1.807, 2.05) is 39.1 Å². The van der Waals surface area contributed by atoms with E-state index in [0.717, 1.165) is 24.4 Å². The van der Waals surface area contributed by atoms with Crippen molar-refractivity contribution in [2.45, 2.75) is 39.5 Å². The highest BCUT2D eigenvalue weighted by Crippen LogP contribution is 2.50. The Morgan fingerprint density at radius 2 is 2.00 bits per heavy atom. The molecule has 0 aromatic heterocycles. The maximum Gasteiger partial charge on any atom is 0.254 e. The van der Waals surface area contributed by atoms with Crippen LogP contribution < -0.4 is 9.64 Å². The number of fused-ring (bicyclic) bond motifs is 1. The van der Waals surface area contributed by atoms with Crippen LogP contribution in [-0.2, 0) is 0 Å². The normalized spacial score (nSPS) is 18.0. The summed E-state index contributed by atoms with van der Waals surface area (Å²) in [6, 6.07) is 5.72. The van der Waals surface area contributed by atoms with Crippen molar-refractivity contribution in [3.63, 3.8) is 0 Å². The first-order valence-electron chi connectivity index (χ1n) is 7.91. The predicted octanol–water partition coefficient (Wildman–Crippen LogP) is 4.33. The molecule has 22 heavy (non-hydrogen) atoms. The van der Waals surface area contributed by atoms with Crippen LogP contribution >= 0.6 is 0 Å². The second-order valence-corrected chi connectivity index (χ2v) is 5.48. The van der Waals surface area contributed by atoms with Gasteiger partial charge in [0, 0.05) is 13.6 Å². The Balaban J connectivity index is 0.000000847. The topological polar surface area (TPSA) is 12.5 Å². The SMILES string of the molecule is CC.CN1CCCOc2c(C#CC3(C(F)F)CC3)cccc21. The maximum absolute atomic E-state index is 12.9.